The molecule has 2 rings (SSSR count). The third kappa shape index (κ3) is 2.92. The summed E-state index contributed by atoms with van der Waals surface area (Å²) in [5.41, 5.74) is -1.88. The zero-order chi connectivity index (χ0) is 12.5. The lowest BCUT2D eigenvalue weighted by atomic mass is 9.96. The molecule has 17 heavy (non-hydrogen) atoms. The van der Waals surface area contributed by atoms with Gasteiger partial charge >= 0.3 is 5.97 Å². The Balaban J connectivity index is 2.05. The lowest BCUT2D eigenvalue weighted by Gasteiger charge is -2.39. The molecule has 1 heterocycles. The van der Waals surface area contributed by atoms with E-state index < -0.39 is 11.6 Å². The third-order valence-electron chi connectivity index (χ3n) is 3.24. The smallest absolute Gasteiger partial charge is 0.343 e. The van der Waals surface area contributed by atoms with Crippen LogP contribution in [0.3, 0.4) is 0 Å². The van der Waals surface area contributed by atoms with Crippen LogP contribution in [0.1, 0.15) is 39.5 Å². The number of rotatable bonds is 2. The fraction of sp³-hybridized carbons (Fsp3) is 0.917. The Morgan fingerprint density at radius 2 is 2.00 bits per heavy atom. The van der Waals surface area contributed by atoms with E-state index in [-0.39, 0.29) is 10.2 Å². The lowest BCUT2D eigenvalue weighted by Crippen LogP contribution is -2.43. The van der Waals surface area contributed by atoms with Crippen molar-refractivity contribution in [3.8, 4) is 0 Å². The number of carbonyl (C=O) groups excluding carboxylic acids is 1. The van der Waals surface area contributed by atoms with Gasteiger partial charge in [-0.25, -0.2) is 9.18 Å². The fourth-order valence-electron chi connectivity index (χ4n) is 2.30. The van der Waals surface area contributed by atoms with E-state index in [2.05, 4.69) is 0 Å². The molecule has 0 amide bonds. The Kier molecular flexibility index (Phi) is 3.98. The summed E-state index contributed by atoms with van der Waals surface area (Å²) in [5, 5.41) is 0. The van der Waals surface area contributed by atoms with Gasteiger partial charge < -0.3 is 4.74 Å². The summed E-state index contributed by atoms with van der Waals surface area (Å²) in [7, 11) is 0. The Morgan fingerprint density at radius 3 is 2.59 bits per heavy atom. The molecule has 2 aliphatic rings. The third-order valence-corrected chi connectivity index (χ3v) is 6.94. The maximum atomic E-state index is 13.5. The van der Waals surface area contributed by atoms with Crippen LogP contribution in [0, 0.1) is 0 Å². The Bertz CT molecular complexity index is 295. The number of alkyl halides is 1. The average molecular weight is 278 g/mol. The van der Waals surface area contributed by atoms with Crippen molar-refractivity contribution < 1.29 is 13.9 Å². The van der Waals surface area contributed by atoms with Crippen LogP contribution in [0.4, 0.5) is 4.39 Å². The first kappa shape index (κ1) is 13.5. The lowest BCUT2D eigenvalue weighted by molar-refractivity contribution is -0.162. The monoisotopic (exact) mass is 278 g/mol. The van der Waals surface area contributed by atoms with E-state index in [1.54, 1.807) is 0 Å². The first-order valence-corrected chi connectivity index (χ1v) is 8.09. The Hall–Kier alpha value is 0.1000. The van der Waals surface area contributed by atoms with E-state index in [9.17, 15) is 9.18 Å². The van der Waals surface area contributed by atoms with Crippen LogP contribution in [0.15, 0.2) is 0 Å². The Labute approximate surface area is 110 Å². The van der Waals surface area contributed by atoms with Crippen LogP contribution in [0.25, 0.3) is 0 Å². The molecule has 0 aromatic carbocycles. The molecule has 1 atom stereocenters. The molecular weight excluding hydrogens is 259 g/mol. The van der Waals surface area contributed by atoms with Crippen molar-refractivity contribution in [1.82, 2.24) is 0 Å². The van der Waals surface area contributed by atoms with Crippen molar-refractivity contribution in [3.63, 3.8) is 0 Å². The molecule has 2 nitrogen and oxygen atoms in total. The van der Waals surface area contributed by atoms with Crippen molar-refractivity contribution in [2.24, 2.45) is 0 Å². The summed E-state index contributed by atoms with van der Waals surface area (Å²) in [5.74, 6) is 1.51. The van der Waals surface area contributed by atoms with Gasteiger partial charge in [-0.1, -0.05) is 6.42 Å². The largest absolute Gasteiger partial charge is 0.458 e. The van der Waals surface area contributed by atoms with Crippen LogP contribution in [-0.2, 0) is 9.53 Å². The summed E-state index contributed by atoms with van der Waals surface area (Å²) in [6, 6.07) is 0. The molecule has 0 bridgehead atoms. The number of hydrogen-bond acceptors (Lipinski definition) is 4. The summed E-state index contributed by atoms with van der Waals surface area (Å²) >= 11 is 3.78. The molecule has 1 saturated carbocycles. The maximum absolute atomic E-state index is 13.5. The predicted molar refractivity (Wildman–Crippen MR) is 71.2 cm³/mol. The molecule has 2 fully saturated rings. The van der Waals surface area contributed by atoms with Crippen LogP contribution in [-0.4, -0.2) is 33.3 Å². The summed E-state index contributed by atoms with van der Waals surface area (Å²) < 4.78 is 19.0. The van der Waals surface area contributed by atoms with Crippen LogP contribution in [0.2, 0.25) is 0 Å². The maximum Gasteiger partial charge on any atom is 0.343 e. The fourth-order valence-corrected chi connectivity index (χ4v) is 5.77. The van der Waals surface area contributed by atoms with Gasteiger partial charge in [0.05, 0.1) is 4.08 Å². The van der Waals surface area contributed by atoms with Crippen molar-refractivity contribution in [3.05, 3.63) is 0 Å². The molecule has 0 aromatic rings. The highest BCUT2D eigenvalue weighted by atomic mass is 32.2. The molecule has 0 aromatic heterocycles. The first-order chi connectivity index (χ1) is 7.94. The van der Waals surface area contributed by atoms with Crippen molar-refractivity contribution in [2.75, 3.05) is 11.5 Å². The van der Waals surface area contributed by atoms with Gasteiger partial charge in [-0.2, -0.15) is 0 Å². The van der Waals surface area contributed by atoms with Crippen molar-refractivity contribution in [1.29, 1.82) is 0 Å². The molecule has 0 radical (unpaired) electrons. The highest BCUT2D eigenvalue weighted by molar-refractivity contribution is 8.21. The van der Waals surface area contributed by atoms with Gasteiger partial charge in [-0.15, -0.1) is 23.5 Å². The van der Waals surface area contributed by atoms with E-state index in [1.807, 2.05) is 23.5 Å². The SMILES string of the molecule is CC(C)(F)C(=O)OC1CCCCC12SCCS2. The molecule has 1 spiro atoms. The minimum atomic E-state index is -1.88. The highest BCUT2D eigenvalue weighted by Gasteiger charge is 2.48. The van der Waals surface area contributed by atoms with E-state index in [0.29, 0.717) is 0 Å². The minimum Gasteiger partial charge on any atom is -0.458 e. The van der Waals surface area contributed by atoms with Crippen molar-refractivity contribution in [2.45, 2.75) is 55.4 Å². The van der Waals surface area contributed by atoms with E-state index >= 15 is 0 Å². The summed E-state index contributed by atoms with van der Waals surface area (Å²) in [4.78, 5) is 11.7. The number of ether oxygens (including phenoxy) is 1. The molecule has 5 heteroatoms. The summed E-state index contributed by atoms with van der Waals surface area (Å²) in [6.45, 7) is 2.53. The van der Waals surface area contributed by atoms with Gasteiger partial charge in [0.2, 0.25) is 5.67 Å². The predicted octanol–water partition coefficient (Wildman–Crippen LogP) is 3.40. The van der Waals surface area contributed by atoms with Gasteiger partial charge in [-0.3, -0.25) is 0 Å². The molecule has 98 valence electrons. The standard InChI is InChI=1S/C12H19FO2S2/c1-11(2,13)10(14)15-9-5-3-4-6-12(9)16-7-8-17-12/h9H,3-8H2,1-2H3. The van der Waals surface area contributed by atoms with Crippen LogP contribution >= 0.6 is 23.5 Å². The topological polar surface area (TPSA) is 26.3 Å². The number of halogens is 1. The minimum absolute atomic E-state index is 0.0131. The second-order valence-corrected chi connectivity index (χ2v) is 8.23. The molecule has 1 unspecified atom stereocenters. The zero-order valence-corrected chi connectivity index (χ0v) is 12.0. The van der Waals surface area contributed by atoms with E-state index in [0.717, 1.165) is 30.8 Å². The van der Waals surface area contributed by atoms with Gasteiger partial charge in [-0.05, 0) is 33.1 Å². The van der Waals surface area contributed by atoms with Gasteiger partial charge in [0.1, 0.15) is 6.10 Å². The average Bonchev–Trinajstić information content (AvgIpc) is 2.70. The van der Waals surface area contributed by atoms with Gasteiger partial charge in [0.15, 0.2) is 0 Å². The second kappa shape index (κ2) is 5.00. The highest BCUT2D eigenvalue weighted by Crippen LogP contribution is 2.54. The van der Waals surface area contributed by atoms with Crippen molar-refractivity contribution >= 4 is 29.5 Å². The van der Waals surface area contributed by atoms with E-state index in [1.165, 1.54) is 20.3 Å². The van der Waals surface area contributed by atoms with Gasteiger partial charge in [0, 0.05) is 11.5 Å². The molecule has 1 aliphatic heterocycles. The molecule has 1 aliphatic carbocycles. The van der Waals surface area contributed by atoms with Gasteiger partial charge in [0.25, 0.3) is 0 Å². The quantitative estimate of drug-likeness (QED) is 0.723. The number of thioether (sulfide) groups is 2. The molecule has 0 N–H and O–H groups in total. The normalized spacial score (nSPS) is 28.3. The molecule has 1 saturated heterocycles. The summed E-state index contributed by atoms with van der Waals surface area (Å²) in [6.07, 6.45) is 4.10. The number of esters is 1. The number of carbonyl (C=O) groups is 1. The van der Waals surface area contributed by atoms with Crippen LogP contribution < -0.4 is 0 Å². The first-order valence-electron chi connectivity index (χ1n) is 6.12. The van der Waals surface area contributed by atoms with E-state index in [4.69, 9.17) is 4.74 Å². The zero-order valence-electron chi connectivity index (χ0n) is 10.3. The molecular formula is C12H19FO2S2. The van der Waals surface area contributed by atoms with Crippen LogP contribution in [0.5, 0.6) is 0 Å². The number of hydrogen-bond donors (Lipinski definition) is 0. The second-order valence-electron chi connectivity index (χ2n) is 5.12. The Morgan fingerprint density at radius 1 is 1.35 bits per heavy atom.